The molecule has 106 valence electrons. The van der Waals surface area contributed by atoms with Gasteiger partial charge in [-0.05, 0) is 18.1 Å². The zero-order chi connectivity index (χ0) is 14.1. The molecule has 4 nitrogen and oxygen atoms in total. The maximum Gasteiger partial charge on any atom is 0.311 e. The van der Waals surface area contributed by atoms with Crippen LogP contribution in [0, 0.1) is 10.1 Å². The minimum Gasteiger partial charge on any atom is -0.487 e. The molecule has 0 saturated carbocycles. The molecule has 0 radical (unpaired) electrons. The molecule has 0 spiro atoms. The molecular formula is C14H20ClNO3. The van der Waals surface area contributed by atoms with E-state index < -0.39 is 4.92 Å². The minimum atomic E-state index is -0.428. The summed E-state index contributed by atoms with van der Waals surface area (Å²) in [4.78, 5) is 10.5. The molecule has 1 rings (SSSR count). The van der Waals surface area contributed by atoms with Gasteiger partial charge in [-0.2, -0.15) is 0 Å². The van der Waals surface area contributed by atoms with Gasteiger partial charge in [-0.1, -0.05) is 38.7 Å². The molecule has 0 heterocycles. The van der Waals surface area contributed by atoms with Crippen LogP contribution in [0.1, 0.15) is 44.6 Å². The maximum absolute atomic E-state index is 10.9. The van der Waals surface area contributed by atoms with Crippen molar-refractivity contribution in [1.29, 1.82) is 0 Å². The van der Waals surface area contributed by atoms with Crippen LogP contribution in [0.4, 0.5) is 5.69 Å². The predicted octanol–water partition coefficient (Wildman–Crippen LogP) is 4.68. The Morgan fingerprint density at radius 1 is 1.26 bits per heavy atom. The molecule has 0 N–H and O–H groups in total. The lowest BCUT2D eigenvalue weighted by Gasteiger charge is -2.07. The van der Waals surface area contributed by atoms with Gasteiger partial charge in [0, 0.05) is 11.9 Å². The van der Waals surface area contributed by atoms with Gasteiger partial charge in [-0.25, -0.2) is 0 Å². The SMILES string of the molecule is CCCCCCCOc1ccc(CCl)cc1[N+](=O)[O-]. The number of alkyl halides is 1. The highest BCUT2D eigenvalue weighted by Gasteiger charge is 2.15. The Labute approximate surface area is 118 Å². The monoisotopic (exact) mass is 285 g/mol. The van der Waals surface area contributed by atoms with E-state index in [1.165, 1.54) is 25.3 Å². The number of nitro groups is 1. The fourth-order valence-corrected chi connectivity index (χ4v) is 1.96. The second-order valence-corrected chi connectivity index (χ2v) is 4.72. The van der Waals surface area contributed by atoms with Crippen molar-refractivity contribution >= 4 is 17.3 Å². The first-order valence-electron chi connectivity index (χ1n) is 6.65. The van der Waals surface area contributed by atoms with E-state index in [0.717, 1.165) is 18.4 Å². The summed E-state index contributed by atoms with van der Waals surface area (Å²) in [5, 5.41) is 10.9. The van der Waals surface area contributed by atoms with Crippen LogP contribution >= 0.6 is 11.6 Å². The van der Waals surface area contributed by atoms with E-state index in [0.29, 0.717) is 12.4 Å². The summed E-state index contributed by atoms with van der Waals surface area (Å²) >= 11 is 5.67. The summed E-state index contributed by atoms with van der Waals surface area (Å²) in [7, 11) is 0. The molecular weight excluding hydrogens is 266 g/mol. The average molecular weight is 286 g/mol. The second-order valence-electron chi connectivity index (χ2n) is 4.46. The number of rotatable bonds is 9. The third-order valence-corrected chi connectivity index (χ3v) is 3.19. The summed E-state index contributed by atoms with van der Waals surface area (Å²) in [5.74, 6) is 0.590. The molecule has 0 atom stereocenters. The Balaban J connectivity index is 2.50. The number of benzene rings is 1. The molecule has 0 aromatic heterocycles. The quantitative estimate of drug-likeness (QED) is 0.286. The van der Waals surface area contributed by atoms with Gasteiger partial charge in [0.15, 0.2) is 5.75 Å². The summed E-state index contributed by atoms with van der Waals surface area (Å²) in [6.07, 6.45) is 5.64. The van der Waals surface area contributed by atoms with Gasteiger partial charge in [0.2, 0.25) is 0 Å². The maximum atomic E-state index is 10.9. The Bertz CT molecular complexity index is 410. The lowest BCUT2D eigenvalue weighted by Crippen LogP contribution is -2.01. The van der Waals surface area contributed by atoms with E-state index in [1.54, 1.807) is 12.1 Å². The number of hydrogen-bond donors (Lipinski definition) is 0. The van der Waals surface area contributed by atoms with E-state index in [1.807, 2.05) is 0 Å². The highest BCUT2D eigenvalue weighted by atomic mass is 35.5. The van der Waals surface area contributed by atoms with Crippen LogP contribution in [0.2, 0.25) is 0 Å². The molecule has 0 bridgehead atoms. The number of halogens is 1. The van der Waals surface area contributed by atoms with Gasteiger partial charge < -0.3 is 4.74 Å². The van der Waals surface area contributed by atoms with Crippen LogP contribution in [0.5, 0.6) is 5.75 Å². The molecule has 0 aliphatic carbocycles. The standard InChI is InChI=1S/C14H20ClNO3/c1-2-3-4-5-6-9-19-14-8-7-12(11-15)10-13(14)16(17)18/h7-8,10H,2-6,9,11H2,1H3. The van der Waals surface area contributed by atoms with Crippen LogP contribution < -0.4 is 4.74 Å². The molecule has 0 aliphatic heterocycles. The van der Waals surface area contributed by atoms with Gasteiger partial charge in [0.05, 0.1) is 11.5 Å². The zero-order valence-corrected chi connectivity index (χ0v) is 12.0. The van der Waals surface area contributed by atoms with Gasteiger partial charge in [0.1, 0.15) is 0 Å². The van der Waals surface area contributed by atoms with E-state index in [2.05, 4.69) is 6.92 Å². The van der Waals surface area contributed by atoms with Crippen molar-refractivity contribution in [1.82, 2.24) is 0 Å². The van der Waals surface area contributed by atoms with Gasteiger partial charge in [0.25, 0.3) is 0 Å². The molecule has 1 aromatic carbocycles. The van der Waals surface area contributed by atoms with Crippen molar-refractivity contribution in [2.45, 2.75) is 44.9 Å². The number of hydrogen-bond acceptors (Lipinski definition) is 3. The highest BCUT2D eigenvalue weighted by Crippen LogP contribution is 2.28. The van der Waals surface area contributed by atoms with E-state index in [4.69, 9.17) is 16.3 Å². The molecule has 1 aromatic rings. The summed E-state index contributed by atoms with van der Waals surface area (Å²) in [5.41, 5.74) is 0.718. The highest BCUT2D eigenvalue weighted by molar-refractivity contribution is 6.17. The molecule has 19 heavy (non-hydrogen) atoms. The van der Waals surface area contributed by atoms with Crippen molar-refractivity contribution < 1.29 is 9.66 Å². The van der Waals surface area contributed by atoms with Crippen molar-refractivity contribution in [3.8, 4) is 5.75 Å². The molecule has 0 unspecified atom stereocenters. The Morgan fingerprint density at radius 3 is 2.63 bits per heavy atom. The smallest absolute Gasteiger partial charge is 0.311 e. The van der Waals surface area contributed by atoms with Crippen molar-refractivity contribution in [3.05, 3.63) is 33.9 Å². The molecule has 0 amide bonds. The normalized spacial score (nSPS) is 10.4. The minimum absolute atomic E-state index is 0.00768. The third-order valence-electron chi connectivity index (χ3n) is 2.88. The molecule has 0 aliphatic rings. The first kappa shape index (κ1) is 15.8. The predicted molar refractivity (Wildman–Crippen MR) is 76.9 cm³/mol. The van der Waals surface area contributed by atoms with Crippen LogP contribution in [0.25, 0.3) is 0 Å². The summed E-state index contributed by atoms with van der Waals surface area (Å²) in [6, 6.07) is 4.85. The first-order valence-corrected chi connectivity index (χ1v) is 7.18. The summed E-state index contributed by atoms with van der Waals surface area (Å²) in [6.45, 7) is 2.68. The molecule has 5 heteroatoms. The van der Waals surface area contributed by atoms with E-state index in [-0.39, 0.29) is 11.6 Å². The zero-order valence-electron chi connectivity index (χ0n) is 11.2. The Kier molecular flexibility index (Phi) is 7.26. The number of ether oxygens (including phenoxy) is 1. The first-order chi connectivity index (χ1) is 9.19. The van der Waals surface area contributed by atoms with Crippen molar-refractivity contribution in [2.24, 2.45) is 0 Å². The number of nitro benzene ring substituents is 1. The third kappa shape index (κ3) is 5.47. The largest absolute Gasteiger partial charge is 0.487 e. The van der Waals surface area contributed by atoms with Gasteiger partial charge in [-0.3, -0.25) is 10.1 Å². The molecule has 0 saturated heterocycles. The lowest BCUT2D eigenvalue weighted by atomic mass is 10.2. The van der Waals surface area contributed by atoms with Crippen molar-refractivity contribution in [2.75, 3.05) is 6.61 Å². The van der Waals surface area contributed by atoms with Crippen molar-refractivity contribution in [3.63, 3.8) is 0 Å². The van der Waals surface area contributed by atoms with E-state index >= 15 is 0 Å². The average Bonchev–Trinajstić information content (AvgIpc) is 2.42. The fourth-order valence-electron chi connectivity index (χ4n) is 1.80. The number of nitrogens with zero attached hydrogens (tertiary/aromatic N) is 1. The summed E-state index contributed by atoms with van der Waals surface area (Å²) < 4.78 is 5.49. The fraction of sp³-hybridized carbons (Fsp3) is 0.571. The van der Waals surface area contributed by atoms with Crippen LogP contribution in [0.15, 0.2) is 18.2 Å². The molecule has 0 fully saturated rings. The topological polar surface area (TPSA) is 52.4 Å². The Morgan fingerprint density at radius 2 is 2.00 bits per heavy atom. The Hall–Kier alpha value is -1.29. The second kappa shape index (κ2) is 8.75. The van der Waals surface area contributed by atoms with Crippen LogP contribution in [0.3, 0.4) is 0 Å². The van der Waals surface area contributed by atoms with E-state index in [9.17, 15) is 10.1 Å². The van der Waals surface area contributed by atoms with Gasteiger partial charge in [-0.15, -0.1) is 11.6 Å². The lowest BCUT2D eigenvalue weighted by molar-refractivity contribution is -0.385. The van der Waals surface area contributed by atoms with Gasteiger partial charge >= 0.3 is 5.69 Å². The number of unbranched alkanes of at least 4 members (excludes halogenated alkanes) is 4. The van der Waals surface area contributed by atoms with Crippen LogP contribution in [-0.4, -0.2) is 11.5 Å². The van der Waals surface area contributed by atoms with Crippen LogP contribution in [-0.2, 0) is 5.88 Å².